The van der Waals surface area contributed by atoms with Crippen LogP contribution in [0.5, 0.6) is 5.75 Å². The predicted molar refractivity (Wildman–Crippen MR) is 59.9 cm³/mol. The van der Waals surface area contributed by atoms with Crippen LogP contribution in [0.4, 0.5) is 5.88 Å². The molecule has 5 heteroatoms. The zero-order valence-corrected chi connectivity index (χ0v) is 8.27. The summed E-state index contributed by atoms with van der Waals surface area (Å²) in [4.78, 5) is 2.99. The van der Waals surface area contributed by atoms with Gasteiger partial charge in [0.2, 0.25) is 5.88 Å². The summed E-state index contributed by atoms with van der Waals surface area (Å²) in [6.45, 7) is 0. The van der Waals surface area contributed by atoms with Gasteiger partial charge in [-0.05, 0) is 6.07 Å². The van der Waals surface area contributed by atoms with Crippen molar-refractivity contribution >= 4 is 16.8 Å². The molecule has 0 aliphatic rings. The van der Waals surface area contributed by atoms with Crippen LogP contribution in [0.3, 0.4) is 0 Å². The smallest absolute Gasteiger partial charge is 0.222 e. The highest BCUT2D eigenvalue weighted by Crippen LogP contribution is 2.32. The van der Waals surface area contributed by atoms with Gasteiger partial charge in [-0.2, -0.15) is 0 Å². The summed E-state index contributed by atoms with van der Waals surface area (Å²) in [5, 5.41) is 14.4. The van der Waals surface area contributed by atoms with Gasteiger partial charge in [0, 0.05) is 23.2 Å². The molecular formula is C11H9N3O2. The van der Waals surface area contributed by atoms with Gasteiger partial charge in [-0.15, -0.1) is 0 Å². The molecule has 2 aromatic heterocycles. The van der Waals surface area contributed by atoms with Gasteiger partial charge in [-0.25, -0.2) is 0 Å². The molecule has 0 fully saturated rings. The number of nitrogens with zero attached hydrogens (tertiary/aromatic N) is 1. The molecule has 5 nitrogen and oxygen atoms in total. The first-order valence-electron chi connectivity index (χ1n) is 4.77. The Morgan fingerprint density at radius 2 is 2.25 bits per heavy atom. The first-order valence-corrected chi connectivity index (χ1v) is 4.77. The third-order valence-corrected chi connectivity index (χ3v) is 2.50. The second kappa shape index (κ2) is 3.03. The lowest BCUT2D eigenvalue weighted by Gasteiger charge is -1.95. The summed E-state index contributed by atoms with van der Waals surface area (Å²) in [7, 11) is 0. The average Bonchev–Trinajstić information content (AvgIpc) is 2.84. The Labute approximate surface area is 90.5 Å². The topological polar surface area (TPSA) is 88.1 Å². The molecular weight excluding hydrogens is 206 g/mol. The molecule has 0 bridgehead atoms. The Balaban J connectivity index is 2.29. The van der Waals surface area contributed by atoms with Gasteiger partial charge in [-0.1, -0.05) is 17.3 Å². The Kier molecular flexibility index (Phi) is 1.67. The van der Waals surface area contributed by atoms with Crippen molar-refractivity contribution in [3.8, 4) is 17.0 Å². The number of fused-ring (bicyclic) bond motifs is 1. The van der Waals surface area contributed by atoms with E-state index >= 15 is 0 Å². The fourth-order valence-electron chi connectivity index (χ4n) is 1.77. The number of nitrogen functional groups attached to an aromatic ring is 1. The summed E-state index contributed by atoms with van der Waals surface area (Å²) in [6, 6.07) is 6.94. The first kappa shape index (κ1) is 8.84. The van der Waals surface area contributed by atoms with Crippen molar-refractivity contribution in [1.82, 2.24) is 10.1 Å². The van der Waals surface area contributed by atoms with E-state index < -0.39 is 0 Å². The van der Waals surface area contributed by atoms with Gasteiger partial charge < -0.3 is 20.3 Å². The normalized spacial score (nSPS) is 11.0. The summed E-state index contributed by atoms with van der Waals surface area (Å²) in [6.07, 6.45) is 1.77. The van der Waals surface area contributed by atoms with E-state index in [4.69, 9.17) is 10.3 Å². The highest BCUT2D eigenvalue weighted by molar-refractivity contribution is 5.97. The van der Waals surface area contributed by atoms with E-state index in [1.165, 1.54) is 0 Å². The number of H-pyrrole nitrogens is 1. The van der Waals surface area contributed by atoms with Crippen molar-refractivity contribution in [2.75, 3.05) is 5.73 Å². The zero-order valence-electron chi connectivity index (χ0n) is 8.27. The van der Waals surface area contributed by atoms with Crippen molar-refractivity contribution in [3.63, 3.8) is 0 Å². The van der Waals surface area contributed by atoms with Crippen LogP contribution in [0.15, 0.2) is 35.0 Å². The molecule has 0 radical (unpaired) electrons. The molecule has 2 heterocycles. The fraction of sp³-hybridized carbons (Fsp3) is 0. The molecule has 3 rings (SSSR count). The number of phenolic OH excluding ortho intramolecular Hbond substituents is 1. The van der Waals surface area contributed by atoms with Crippen LogP contribution in [0.25, 0.3) is 22.2 Å². The van der Waals surface area contributed by atoms with E-state index in [1.807, 2.05) is 6.07 Å². The highest BCUT2D eigenvalue weighted by Gasteiger charge is 2.11. The van der Waals surface area contributed by atoms with Crippen LogP contribution in [0.2, 0.25) is 0 Å². The molecule has 0 amide bonds. The quantitative estimate of drug-likeness (QED) is 0.580. The average molecular weight is 215 g/mol. The molecule has 0 saturated carbocycles. The monoisotopic (exact) mass is 215 g/mol. The number of anilines is 1. The first-order chi connectivity index (χ1) is 7.75. The van der Waals surface area contributed by atoms with Gasteiger partial charge in [0.25, 0.3) is 0 Å². The minimum Gasteiger partial charge on any atom is -0.506 e. The minimum atomic E-state index is 0.209. The van der Waals surface area contributed by atoms with Crippen LogP contribution < -0.4 is 5.73 Å². The summed E-state index contributed by atoms with van der Waals surface area (Å²) in [5.74, 6) is 0.477. The number of aromatic amines is 1. The maximum absolute atomic E-state index is 9.64. The maximum atomic E-state index is 9.64. The number of hydrogen-bond donors (Lipinski definition) is 3. The number of hydrogen-bond acceptors (Lipinski definition) is 4. The van der Waals surface area contributed by atoms with Crippen molar-refractivity contribution < 1.29 is 9.63 Å². The lowest BCUT2D eigenvalue weighted by molar-refractivity contribution is 0.439. The number of nitrogens with one attached hydrogen (secondary N) is 1. The lowest BCUT2D eigenvalue weighted by Crippen LogP contribution is -1.76. The minimum absolute atomic E-state index is 0.209. The number of benzene rings is 1. The Hall–Kier alpha value is -2.43. The van der Waals surface area contributed by atoms with E-state index in [0.717, 1.165) is 10.9 Å². The van der Waals surface area contributed by atoms with Crippen LogP contribution in [0, 0.1) is 0 Å². The number of aromatic hydroxyl groups is 1. The number of para-hydroxylation sites is 1. The van der Waals surface area contributed by atoms with Crippen molar-refractivity contribution in [3.05, 3.63) is 30.5 Å². The second-order valence-corrected chi connectivity index (χ2v) is 3.52. The third-order valence-electron chi connectivity index (χ3n) is 2.50. The fourth-order valence-corrected chi connectivity index (χ4v) is 1.77. The van der Waals surface area contributed by atoms with E-state index in [9.17, 15) is 5.11 Å². The molecule has 3 aromatic rings. The molecule has 0 unspecified atom stereocenters. The van der Waals surface area contributed by atoms with E-state index in [1.54, 1.807) is 24.4 Å². The number of aromatic nitrogens is 2. The zero-order chi connectivity index (χ0) is 11.1. The number of rotatable bonds is 1. The Morgan fingerprint density at radius 3 is 3.00 bits per heavy atom. The van der Waals surface area contributed by atoms with Gasteiger partial charge >= 0.3 is 0 Å². The lowest BCUT2D eigenvalue weighted by atomic mass is 10.1. The summed E-state index contributed by atoms with van der Waals surface area (Å²) in [5.41, 5.74) is 7.65. The third kappa shape index (κ3) is 1.15. The van der Waals surface area contributed by atoms with Gasteiger partial charge in [0.15, 0.2) is 0 Å². The number of phenols is 1. The van der Waals surface area contributed by atoms with Crippen LogP contribution >= 0.6 is 0 Å². The highest BCUT2D eigenvalue weighted by atomic mass is 16.5. The van der Waals surface area contributed by atoms with Crippen LogP contribution in [-0.2, 0) is 0 Å². The van der Waals surface area contributed by atoms with E-state index in [2.05, 4.69) is 10.1 Å². The molecule has 16 heavy (non-hydrogen) atoms. The van der Waals surface area contributed by atoms with Gasteiger partial charge in [0.05, 0.1) is 5.52 Å². The van der Waals surface area contributed by atoms with Crippen molar-refractivity contribution in [1.29, 1.82) is 0 Å². The maximum Gasteiger partial charge on any atom is 0.222 e. The SMILES string of the molecule is Nc1cc(-c2c[nH]c3c(O)cccc23)no1. The van der Waals surface area contributed by atoms with Crippen LogP contribution in [0.1, 0.15) is 0 Å². The Morgan fingerprint density at radius 1 is 1.38 bits per heavy atom. The molecule has 4 N–H and O–H groups in total. The van der Waals surface area contributed by atoms with Crippen molar-refractivity contribution in [2.24, 2.45) is 0 Å². The largest absolute Gasteiger partial charge is 0.506 e. The van der Waals surface area contributed by atoms with Gasteiger partial charge in [-0.3, -0.25) is 0 Å². The standard InChI is InChI=1S/C11H9N3O2/c12-10-4-8(14-16-10)7-5-13-11-6(7)2-1-3-9(11)15/h1-5,13,15H,12H2. The molecule has 1 aromatic carbocycles. The molecule has 0 spiro atoms. The summed E-state index contributed by atoms with van der Waals surface area (Å²) < 4.78 is 4.82. The number of nitrogens with two attached hydrogens (primary N) is 1. The molecule has 0 aliphatic heterocycles. The second-order valence-electron chi connectivity index (χ2n) is 3.52. The van der Waals surface area contributed by atoms with Crippen molar-refractivity contribution in [2.45, 2.75) is 0 Å². The Bertz CT molecular complexity index is 654. The van der Waals surface area contributed by atoms with E-state index in [0.29, 0.717) is 11.2 Å². The summed E-state index contributed by atoms with van der Waals surface area (Å²) >= 11 is 0. The van der Waals surface area contributed by atoms with Crippen LogP contribution in [-0.4, -0.2) is 15.2 Å². The molecule has 80 valence electrons. The molecule has 0 aliphatic carbocycles. The van der Waals surface area contributed by atoms with Gasteiger partial charge in [0.1, 0.15) is 11.4 Å². The molecule has 0 atom stereocenters. The predicted octanol–water partition coefficient (Wildman–Crippen LogP) is 2.11. The molecule has 0 saturated heterocycles. The van der Waals surface area contributed by atoms with E-state index in [-0.39, 0.29) is 11.6 Å².